The summed E-state index contributed by atoms with van der Waals surface area (Å²) >= 11 is 0. The normalized spacial score (nSPS) is 19.6. The summed E-state index contributed by atoms with van der Waals surface area (Å²) in [5, 5.41) is 0. The van der Waals surface area contributed by atoms with Crippen LogP contribution in [0.5, 0.6) is 0 Å². The Morgan fingerprint density at radius 1 is 1.14 bits per heavy atom. The standard InChI is InChI=1S/C25H34O4/c1-18(2)19-10-12-21-20(17-23(24(26)27-4)22(21)13-11-19)9-5-7-15-28-25(3)14-6-8-16-29-25/h10-13,17-18H,5-9,14-16H2,1-4H3/t25-/m1/s1. The molecule has 4 heteroatoms. The molecule has 0 amide bonds. The molecule has 0 N–H and O–H groups in total. The van der Waals surface area contributed by atoms with E-state index in [1.807, 2.05) is 13.0 Å². The number of fused-ring (bicyclic) bond motifs is 1. The Morgan fingerprint density at radius 2 is 1.90 bits per heavy atom. The maximum Gasteiger partial charge on any atom is 0.338 e. The van der Waals surface area contributed by atoms with Crippen LogP contribution in [0.2, 0.25) is 0 Å². The lowest BCUT2D eigenvalue weighted by Gasteiger charge is -2.33. The Kier molecular flexibility index (Phi) is 7.31. The van der Waals surface area contributed by atoms with E-state index in [2.05, 4.69) is 38.1 Å². The van der Waals surface area contributed by atoms with Crippen LogP contribution in [0.1, 0.15) is 80.3 Å². The molecule has 158 valence electrons. The highest BCUT2D eigenvalue weighted by molar-refractivity contribution is 6.00. The average molecular weight is 399 g/mol. The zero-order valence-corrected chi connectivity index (χ0v) is 18.3. The van der Waals surface area contributed by atoms with Crippen molar-refractivity contribution in [3.63, 3.8) is 0 Å². The van der Waals surface area contributed by atoms with Crippen molar-refractivity contribution in [2.24, 2.45) is 0 Å². The molecular formula is C25H34O4. The molecule has 3 rings (SSSR count). The van der Waals surface area contributed by atoms with E-state index >= 15 is 0 Å². The number of carbonyl (C=O) groups excluding carboxylic acids is 1. The maximum absolute atomic E-state index is 12.3. The first-order valence-corrected chi connectivity index (χ1v) is 10.9. The summed E-state index contributed by atoms with van der Waals surface area (Å²) in [7, 11) is 1.44. The summed E-state index contributed by atoms with van der Waals surface area (Å²) in [5.74, 6) is -0.245. The molecule has 1 aliphatic heterocycles. The molecule has 1 saturated heterocycles. The van der Waals surface area contributed by atoms with Crippen molar-refractivity contribution < 1.29 is 19.0 Å². The van der Waals surface area contributed by atoms with Gasteiger partial charge in [-0.2, -0.15) is 0 Å². The van der Waals surface area contributed by atoms with Crippen LogP contribution in [0, 0.1) is 0 Å². The molecule has 0 spiro atoms. The second-order valence-corrected chi connectivity index (χ2v) is 8.47. The minimum absolute atomic E-state index is 0.274. The quantitative estimate of drug-likeness (QED) is 0.407. The van der Waals surface area contributed by atoms with E-state index in [1.54, 1.807) is 0 Å². The Morgan fingerprint density at radius 3 is 2.55 bits per heavy atom. The molecule has 0 aromatic rings. The first kappa shape index (κ1) is 21.8. The van der Waals surface area contributed by atoms with E-state index in [0.717, 1.165) is 49.8 Å². The Hall–Kier alpha value is -1.91. The average Bonchev–Trinajstić information content (AvgIpc) is 2.89. The molecule has 0 unspecified atom stereocenters. The third-order valence-electron chi connectivity index (χ3n) is 5.88. The fraction of sp³-hybridized carbons (Fsp3) is 0.560. The van der Waals surface area contributed by atoms with Gasteiger partial charge in [-0.15, -0.1) is 0 Å². The van der Waals surface area contributed by atoms with Crippen molar-refractivity contribution in [1.82, 2.24) is 0 Å². The van der Waals surface area contributed by atoms with E-state index in [0.29, 0.717) is 18.1 Å². The number of methoxy groups -OCH3 is 1. The highest BCUT2D eigenvalue weighted by Gasteiger charge is 2.28. The molecule has 0 aromatic carbocycles. The topological polar surface area (TPSA) is 44.8 Å². The molecular weight excluding hydrogens is 364 g/mol. The lowest BCUT2D eigenvalue weighted by molar-refractivity contribution is -0.244. The predicted molar refractivity (Wildman–Crippen MR) is 116 cm³/mol. The first-order valence-electron chi connectivity index (χ1n) is 10.9. The van der Waals surface area contributed by atoms with Gasteiger partial charge < -0.3 is 14.2 Å². The van der Waals surface area contributed by atoms with Crippen molar-refractivity contribution in [2.45, 2.75) is 71.0 Å². The van der Waals surface area contributed by atoms with E-state index in [-0.39, 0.29) is 5.97 Å². The Bertz CT molecular complexity index is 790. The summed E-state index contributed by atoms with van der Waals surface area (Å²) in [4.78, 5) is 12.3. The van der Waals surface area contributed by atoms with E-state index in [4.69, 9.17) is 14.2 Å². The predicted octanol–water partition coefficient (Wildman–Crippen LogP) is 5.96. The highest BCUT2D eigenvalue weighted by atomic mass is 16.7. The number of rotatable bonds is 8. The van der Waals surface area contributed by atoms with E-state index in [9.17, 15) is 4.79 Å². The zero-order chi connectivity index (χ0) is 20.9. The number of ether oxygens (including phenoxy) is 3. The van der Waals surface area contributed by atoms with Crippen LogP contribution >= 0.6 is 0 Å². The van der Waals surface area contributed by atoms with Gasteiger partial charge in [0.1, 0.15) is 0 Å². The lowest BCUT2D eigenvalue weighted by Crippen LogP contribution is -2.36. The second-order valence-electron chi connectivity index (χ2n) is 8.47. The first-order chi connectivity index (χ1) is 13.9. The van der Waals surface area contributed by atoms with Gasteiger partial charge in [-0.3, -0.25) is 0 Å². The lowest BCUT2D eigenvalue weighted by atomic mass is 10.0. The molecule has 0 aromatic heterocycles. The molecule has 29 heavy (non-hydrogen) atoms. The van der Waals surface area contributed by atoms with Crippen molar-refractivity contribution >= 4 is 5.97 Å². The number of aryl methyl sites for hydroxylation is 1. The van der Waals surface area contributed by atoms with Crippen molar-refractivity contribution in [3.05, 3.63) is 47.0 Å². The minimum atomic E-state index is -0.412. The number of unbranched alkanes of at least 4 members (excludes halogenated alkanes) is 1. The Labute approximate surface area is 174 Å². The van der Waals surface area contributed by atoms with Crippen LogP contribution in [0.4, 0.5) is 0 Å². The Balaban J connectivity index is 1.67. The van der Waals surface area contributed by atoms with Crippen molar-refractivity contribution in [1.29, 1.82) is 0 Å². The van der Waals surface area contributed by atoms with Crippen LogP contribution in [-0.2, 0) is 20.6 Å². The largest absolute Gasteiger partial charge is 0.465 e. The number of carbonyl (C=O) groups is 1. The summed E-state index contributed by atoms with van der Waals surface area (Å²) in [6.07, 6.45) is 6.15. The third-order valence-corrected chi connectivity index (χ3v) is 5.88. The van der Waals surface area contributed by atoms with Crippen molar-refractivity contribution in [3.8, 4) is 11.1 Å². The monoisotopic (exact) mass is 398 g/mol. The second kappa shape index (κ2) is 9.73. The highest BCUT2D eigenvalue weighted by Crippen LogP contribution is 2.34. The van der Waals surface area contributed by atoms with Gasteiger partial charge in [0.05, 0.1) is 25.9 Å². The molecule has 0 bridgehead atoms. The van der Waals surface area contributed by atoms with Gasteiger partial charge in [-0.05, 0) is 73.3 Å². The van der Waals surface area contributed by atoms with Crippen molar-refractivity contribution in [2.75, 3.05) is 20.3 Å². The van der Waals surface area contributed by atoms with Gasteiger partial charge in [-0.25, -0.2) is 4.79 Å². The summed E-state index contributed by atoms with van der Waals surface area (Å²) in [6, 6.07) is 10.5. The summed E-state index contributed by atoms with van der Waals surface area (Å²) in [6.45, 7) is 7.90. The third kappa shape index (κ3) is 5.37. The molecule has 1 fully saturated rings. The fourth-order valence-corrected chi connectivity index (χ4v) is 4.04. The van der Waals surface area contributed by atoms with Crippen LogP contribution in [0.25, 0.3) is 11.1 Å². The number of esters is 1. The SMILES string of the molecule is COC(=O)c1cc(CCCCO[C@@]2(C)CCCCO2)c2ccc(C(C)C)ccc1-2. The van der Waals surface area contributed by atoms with Gasteiger partial charge in [0, 0.05) is 6.42 Å². The van der Waals surface area contributed by atoms with Crippen LogP contribution in [0.3, 0.4) is 0 Å². The fourth-order valence-electron chi connectivity index (χ4n) is 4.04. The number of hydrogen-bond donors (Lipinski definition) is 0. The molecule has 0 radical (unpaired) electrons. The smallest absolute Gasteiger partial charge is 0.338 e. The van der Waals surface area contributed by atoms with Gasteiger partial charge in [0.15, 0.2) is 5.79 Å². The summed E-state index contributed by atoms with van der Waals surface area (Å²) < 4.78 is 16.8. The number of hydrogen-bond acceptors (Lipinski definition) is 4. The molecule has 4 nitrogen and oxygen atoms in total. The van der Waals surface area contributed by atoms with E-state index < -0.39 is 5.79 Å². The van der Waals surface area contributed by atoms with E-state index in [1.165, 1.54) is 24.7 Å². The van der Waals surface area contributed by atoms with Gasteiger partial charge in [0.2, 0.25) is 0 Å². The van der Waals surface area contributed by atoms with Crippen LogP contribution in [0.15, 0.2) is 30.3 Å². The van der Waals surface area contributed by atoms with Gasteiger partial charge >= 0.3 is 5.97 Å². The molecule has 1 atom stereocenters. The molecule has 2 aliphatic carbocycles. The van der Waals surface area contributed by atoms with Gasteiger partial charge in [-0.1, -0.05) is 38.1 Å². The molecule has 0 saturated carbocycles. The maximum atomic E-state index is 12.3. The zero-order valence-electron chi connectivity index (χ0n) is 18.3. The minimum Gasteiger partial charge on any atom is -0.465 e. The van der Waals surface area contributed by atoms with Crippen LogP contribution in [-0.4, -0.2) is 32.1 Å². The van der Waals surface area contributed by atoms with Crippen LogP contribution < -0.4 is 0 Å². The molecule has 1 heterocycles. The summed E-state index contributed by atoms with van der Waals surface area (Å²) in [5.41, 5.74) is 5.23. The van der Waals surface area contributed by atoms with Gasteiger partial charge in [0.25, 0.3) is 0 Å². The molecule has 3 aliphatic rings.